The Labute approximate surface area is 117 Å². The first-order valence-electron chi connectivity index (χ1n) is 7.06. The molecule has 0 aliphatic rings. The van der Waals surface area contributed by atoms with Gasteiger partial charge in [-0.3, -0.25) is 4.99 Å². The molecule has 19 heavy (non-hydrogen) atoms. The zero-order chi connectivity index (χ0) is 14.3. The largest absolute Gasteiger partial charge is 0.370 e. The highest BCUT2D eigenvalue weighted by atomic mass is 15.1. The van der Waals surface area contributed by atoms with Crippen LogP contribution in [0.15, 0.2) is 29.3 Å². The molecule has 0 bridgehead atoms. The third kappa shape index (κ3) is 5.33. The quantitative estimate of drug-likeness (QED) is 0.470. The van der Waals surface area contributed by atoms with Crippen LogP contribution >= 0.6 is 0 Å². The topological polar surface area (TPSA) is 50.4 Å². The summed E-state index contributed by atoms with van der Waals surface area (Å²) in [5.41, 5.74) is 8.46. The molecule has 0 spiro atoms. The minimum absolute atomic E-state index is 0.00305. The van der Waals surface area contributed by atoms with E-state index in [4.69, 9.17) is 5.73 Å². The summed E-state index contributed by atoms with van der Waals surface area (Å²) in [6, 6.07) is 8.59. The van der Waals surface area contributed by atoms with Gasteiger partial charge in [0.2, 0.25) is 0 Å². The predicted molar refractivity (Wildman–Crippen MR) is 83.6 cm³/mol. The molecule has 0 aliphatic heterocycles. The molecule has 1 rings (SSSR count). The van der Waals surface area contributed by atoms with E-state index in [1.807, 2.05) is 0 Å². The molecule has 0 aromatic heterocycles. The van der Waals surface area contributed by atoms with Crippen molar-refractivity contribution >= 4 is 5.96 Å². The molecule has 3 nitrogen and oxygen atoms in total. The van der Waals surface area contributed by atoms with Gasteiger partial charge in [0, 0.05) is 12.0 Å². The summed E-state index contributed by atoms with van der Waals surface area (Å²) in [6.07, 6.45) is 2.28. The average Bonchev–Trinajstić information content (AvgIpc) is 2.37. The maximum Gasteiger partial charge on any atom is 0.188 e. The maximum atomic E-state index is 5.87. The lowest BCUT2D eigenvalue weighted by Gasteiger charge is -2.23. The van der Waals surface area contributed by atoms with E-state index in [0.717, 1.165) is 19.4 Å². The molecule has 0 fully saturated rings. The Kier molecular flexibility index (Phi) is 5.87. The molecule has 0 aliphatic carbocycles. The van der Waals surface area contributed by atoms with Crippen LogP contribution in [0.2, 0.25) is 0 Å². The zero-order valence-corrected chi connectivity index (χ0v) is 12.7. The smallest absolute Gasteiger partial charge is 0.188 e. The molecular formula is C16H27N3. The summed E-state index contributed by atoms with van der Waals surface area (Å²) >= 11 is 0. The third-order valence-electron chi connectivity index (χ3n) is 3.28. The highest BCUT2D eigenvalue weighted by Gasteiger charge is 2.20. The van der Waals surface area contributed by atoms with Crippen molar-refractivity contribution in [2.24, 2.45) is 10.7 Å². The Morgan fingerprint density at radius 2 is 2.11 bits per heavy atom. The molecule has 0 saturated carbocycles. The lowest BCUT2D eigenvalue weighted by Crippen LogP contribution is -2.34. The number of nitrogens with zero attached hydrogens (tertiary/aromatic N) is 1. The Morgan fingerprint density at radius 1 is 1.37 bits per heavy atom. The molecule has 3 N–H and O–H groups in total. The average molecular weight is 261 g/mol. The minimum atomic E-state index is 0.00305. The number of hydrogen-bond acceptors (Lipinski definition) is 1. The number of unbranched alkanes of at least 4 members (excludes halogenated alkanes) is 1. The van der Waals surface area contributed by atoms with Gasteiger partial charge >= 0.3 is 0 Å². The number of guanidine groups is 1. The lowest BCUT2D eigenvalue weighted by atomic mass is 9.84. The van der Waals surface area contributed by atoms with Crippen molar-refractivity contribution in [2.75, 3.05) is 13.1 Å². The van der Waals surface area contributed by atoms with Gasteiger partial charge in [-0.05, 0) is 18.9 Å². The van der Waals surface area contributed by atoms with Crippen LogP contribution in [0.3, 0.4) is 0 Å². The molecule has 0 atom stereocenters. The Bertz CT molecular complexity index is 422. The molecule has 1 aromatic carbocycles. The number of nitrogens with two attached hydrogens (primary N) is 1. The van der Waals surface area contributed by atoms with Gasteiger partial charge in [0.25, 0.3) is 0 Å². The van der Waals surface area contributed by atoms with Gasteiger partial charge in [-0.25, -0.2) is 0 Å². The van der Waals surface area contributed by atoms with Crippen LogP contribution in [0, 0.1) is 6.92 Å². The molecule has 0 saturated heterocycles. The van der Waals surface area contributed by atoms with Gasteiger partial charge in [-0.15, -0.1) is 0 Å². The van der Waals surface area contributed by atoms with Gasteiger partial charge in [0.1, 0.15) is 0 Å². The Morgan fingerprint density at radius 3 is 2.74 bits per heavy atom. The lowest BCUT2D eigenvalue weighted by molar-refractivity contribution is 0.538. The first-order valence-corrected chi connectivity index (χ1v) is 7.06. The molecule has 0 radical (unpaired) electrons. The molecule has 0 heterocycles. The van der Waals surface area contributed by atoms with E-state index in [1.54, 1.807) is 0 Å². The zero-order valence-electron chi connectivity index (χ0n) is 12.7. The SMILES string of the molecule is CCCCNC(N)=NCC(C)(C)c1cccc(C)c1. The molecule has 0 unspecified atom stereocenters. The van der Waals surface area contributed by atoms with Crippen molar-refractivity contribution < 1.29 is 0 Å². The predicted octanol–water partition coefficient (Wildman–Crippen LogP) is 2.98. The highest BCUT2D eigenvalue weighted by Crippen LogP contribution is 2.24. The van der Waals surface area contributed by atoms with Crippen molar-refractivity contribution in [1.82, 2.24) is 5.32 Å². The monoisotopic (exact) mass is 261 g/mol. The molecule has 0 amide bonds. The summed E-state index contributed by atoms with van der Waals surface area (Å²) in [4.78, 5) is 4.46. The van der Waals surface area contributed by atoms with Crippen molar-refractivity contribution in [1.29, 1.82) is 0 Å². The number of aryl methyl sites for hydroxylation is 1. The van der Waals surface area contributed by atoms with Crippen LogP contribution in [-0.2, 0) is 5.41 Å². The molecule has 1 aromatic rings. The fourth-order valence-corrected chi connectivity index (χ4v) is 1.89. The number of benzene rings is 1. The van der Waals surface area contributed by atoms with E-state index in [2.05, 4.69) is 62.3 Å². The van der Waals surface area contributed by atoms with Crippen LogP contribution in [0.25, 0.3) is 0 Å². The summed E-state index contributed by atoms with van der Waals surface area (Å²) in [7, 11) is 0. The minimum Gasteiger partial charge on any atom is -0.370 e. The van der Waals surface area contributed by atoms with Gasteiger partial charge in [0.05, 0.1) is 6.54 Å². The van der Waals surface area contributed by atoms with Crippen LogP contribution in [0.1, 0.15) is 44.7 Å². The maximum absolute atomic E-state index is 5.87. The van der Waals surface area contributed by atoms with Crippen molar-refractivity contribution in [3.63, 3.8) is 0 Å². The fourth-order valence-electron chi connectivity index (χ4n) is 1.89. The number of hydrogen-bond donors (Lipinski definition) is 2. The summed E-state index contributed by atoms with van der Waals surface area (Å²) < 4.78 is 0. The fraction of sp³-hybridized carbons (Fsp3) is 0.562. The number of rotatable bonds is 6. The van der Waals surface area contributed by atoms with Gasteiger partial charge < -0.3 is 11.1 Å². The summed E-state index contributed by atoms with van der Waals surface area (Å²) in [5.74, 6) is 0.550. The van der Waals surface area contributed by atoms with E-state index in [9.17, 15) is 0 Å². The van der Waals surface area contributed by atoms with Crippen molar-refractivity contribution in [3.05, 3.63) is 35.4 Å². The van der Waals surface area contributed by atoms with Crippen LogP contribution in [0.4, 0.5) is 0 Å². The Balaban J connectivity index is 2.61. The van der Waals surface area contributed by atoms with Gasteiger partial charge in [-0.2, -0.15) is 0 Å². The second kappa shape index (κ2) is 7.17. The van der Waals surface area contributed by atoms with E-state index in [-0.39, 0.29) is 5.41 Å². The normalized spacial score (nSPS) is 12.5. The summed E-state index contributed by atoms with van der Waals surface area (Å²) in [5, 5.41) is 3.15. The second-order valence-corrected chi connectivity index (χ2v) is 5.74. The van der Waals surface area contributed by atoms with Crippen LogP contribution in [-0.4, -0.2) is 19.0 Å². The highest BCUT2D eigenvalue weighted by molar-refractivity contribution is 5.77. The van der Waals surface area contributed by atoms with E-state index < -0.39 is 0 Å². The van der Waals surface area contributed by atoms with E-state index in [1.165, 1.54) is 11.1 Å². The van der Waals surface area contributed by atoms with Crippen molar-refractivity contribution in [2.45, 2.75) is 46.0 Å². The molecule has 3 heteroatoms. The van der Waals surface area contributed by atoms with E-state index >= 15 is 0 Å². The standard InChI is InChI=1S/C16H27N3/c1-5-6-10-18-15(17)19-12-16(3,4)14-9-7-8-13(2)11-14/h7-9,11H,5-6,10,12H2,1-4H3,(H3,17,18,19). The first-order chi connectivity index (χ1) is 8.95. The number of nitrogens with one attached hydrogen (secondary N) is 1. The molecule has 106 valence electrons. The van der Waals surface area contributed by atoms with Crippen LogP contribution < -0.4 is 11.1 Å². The second-order valence-electron chi connectivity index (χ2n) is 5.74. The third-order valence-corrected chi connectivity index (χ3v) is 3.28. The summed E-state index contributed by atoms with van der Waals surface area (Å²) in [6.45, 7) is 10.3. The Hall–Kier alpha value is -1.51. The van der Waals surface area contributed by atoms with Gasteiger partial charge in [-0.1, -0.05) is 57.0 Å². The number of aliphatic imine (C=N–C) groups is 1. The van der Waals surface area contributed by atoms with Gasteiger partial charge in [0.15, 0.2) is 5.96 Å². The van der Waals surface area contributed by atoms with Crippen LogP contribution in [0.5, 0.6) is 0 Å². The van der Waals surface area contributed by atoms with Crippen molar-refractivity contribution in [3.8, 4) is 0 Å². The molecular weight excluding hydrogens is 234 g/mol. The van der Waals surface area contributed by atoms with E-state index in [0.29, 0.717) is 12.5 Å². The first kappa shape index (κ1) is 15.5.